The van der Waals surface area contributed by atoms with Crippen molar-refractivity contribution >= 4 is 5.91 Å². The highest BCUT2D eigenvalue weighted by Gasteiger charge is 2.24. The number of hydrogen-bond donors (Lipinski definition) is 2. The van der Waals surface area contributed by atoms with Gasteiger partial charge in [-0.3, -0.25) is 4.79 Å². The van der Waals surface area contributed by atoms with Gasteiger partial charge in [-0.2, -0.15) is 0 Å². The first-order valence-electron chi connectivity index (χ1n) is 10.0. The molecule has 0 atom stereocenters. The molecule has 0 bridgehead atoms. The Kier molecular flexibility index (Phi) is 6.18. The van der Waals surface area contributed by atoms with Crippen LogP contribution in [0.3, 0.4) is 0 Å². The molecule has 1 amide bonds. The third-order valence-electron chi connectivity index (χ3n) is 5.15. The van der Waals surface area contributed by atoms with Crippen molar-refractivity contribution in [2.75, 3.05) is 13.7 Å². The largest absolute Gasteiger partial charge is 0.494 e. The van der Waals surface area contributed by atoms with Crippen LogP contribution >= 0.6 is 0 Å². The third-order valence-corrected chi connectivity index (χ3v) is 5.15. The second kappa shape index (κ2) is 9.18. The van der Waals surface area contributed by atoms with Crippen LogP contribution in [0.4, 0.5) is 4.39 Å². The number of methoxy groups -OCH3 is 1. The average Bonchev–Trinajstić information content (AvgIpc) is 3.50. The fourth-order valence-corrected chi connectivity index (χ4v) is 3.18. The summed E-state index contributed by atoms with van der Waals surface area (Å²) in [5, 5.41) is 16.2. The number of nitrogens with one attached hydrogen (secondary N) is 1. The lowest BCUT2D eigenvalue weighted by molar-refractivity contribution is 0.0946. The van der Waals surface area contributed by atoms with Crippen molar-refractivity contribution in [2.24, 2.45) is 5.92 Å². The molecule has 0 aliphatic heterocycles. The molecule has 2 aromatic carbocycles. The Morgan fingerprint density at radius 2 is 2.06 bits per heavy atom. The SMILES string of the molecule is COc1ccc(CNC(=O)c2cc(-c3nocc3CO)ccc2OCC2CC2)cc1F. The van der Waals surface area contributed by atoms with E-state index >= 15 is 0 Å². The van der Waals surface area contributed by atoms with Crippen molar-refractivity contribution in [3.63, 3.8) is 0 Å². The molecule has 31 heavy (non-hydrogen) atoms. The number of aliphatic hydroxyl groups is 1. The van der Waals surface area contributed by atoms with Gasteiger partial charge in [-0.1, -0.05) is 11.2 Å². The zero-order valence-electron chi connectivity index (χ0n) is 17.1. The molecule has 1 aliphatic carbocycles. The van der Waals surface area contributed by atoms with E-state index in [1.807, 2.05) is 0 Å². The van der Waals surface area contributed by atoms with Crippen LogP contribution in [0.25, 0.3) is 11.3 Å². The third kappa shape index (κ3) is 4.86. The molecule has 2 N–H and O–H groups in total. The minimum atomic E-state index is -0.493. The van der Waals surface area contributed by atoms with E-state index < -0.39 is 5.82 Å². The Bertz CT molecular complexity index is 1080. The second-order valence-corrected chi connectivity index (χ2v) is 7.46. The smallest absolute Gasteiger partial charge is 0.255 e. The number of halogens is 1. The fraction of sp³-hybridized carbons (Fsp3) is 0.304. The molecule has 0 saturated heterocycles. The van der Waals surface area contributed by atoms with Crippen molar-refractivity contribution in [1.82, 2.24) is 10.5 Å². The molecule has 0 unspecified atom stereocenters. The van der Waals surface area contributed by atoms with E-state index in [1.54, 1.807) is 24.3 Å². The topological polar surface area (TPSA) is 93.8 Å². The summed E-state index contributed by atoms with van der Waals surface area (Å²) in [5.74, 6) is 0.272. The molecule has 1 saturated carbocycles. The number of carbonyl (C=O) groups excluding carboxylic acids is 1. The predicted molar refractivity (Wildman–Crippen MR) is 110 cm³/mol. The molecule has 8 heteroatoms. The number of nitrogens with zero attached hydrogens (tertiary/aromatic N) is 1. The first-order valence-corrected chi connectivity index (χ1v) is 10.0. The zero-order valence-corrected chi connectivity index (χ0v) is 17.1. The van der Waals surface area contributed by atoms with E-state index in [0.717, 1.165) is 12.8 Å². The second-order valence-electron chi connectivity index (χ2n) is 7.46. The Hall–Kier alpha value is -3.39. The van der Waals surface area contributed by atoms with E-state index in [1.165, 1.54) is 25.5 Å². The van der Waals surface area contributed by atoms with Gasteiger partial charge in [-0.15, -0.1) is 0 Å². The van der Waals surface area contributed by atoms with Crippen molar-refractivity contribution < 1.29 is 28.3 Å². The fourth-order valence-electron chi connectivity index (χ4n) is 3.18. The molecular formula is C23H23FN2O5. The van der Waals surface area contributed by atoms with Gasteiger partial charge in [0.1, 0.15) is 17.7 Å². The monoisotopic (exact) mass is 426 g/mol. The highest BCUT2D eigenvalue weighted by molar-refractivity contribution is 5.98. The van der Waals surface area contributed by atoms with Crippen LogP contribution in [0.15, 0.2) is 47.2 Å². The summed E-state index contributed by atoms with van der Waals surface area (Å²) in [7, 11) is 1.40. The number of hydrogen-bond acceptors (Lipinski definition) is 6. The van der Waals surface area contributed by atoms with E-state index in [-0.39, 0.29) is 24.8 Å². The molecule has 1 aliphatic rings. The molecule has 1 fully saturated rings. The molecule has 4 rings (SSSR count). The lowest BCUT2D eigenvalue weighted by atomic mass is 10.0. The summed E-state index contributed by atoms with van der Waals surface area (Å²) < 4.78 is 29.7. The van der Waals surface area contributed by atoms with Crippen molar-refractivity contribution in [3.05, 3.63) is 65.2 Å². The molecule has 3 aromatic rings. The van der Waals surface area contributed by atoms with Crippen LogP contribution in [0.5, 0.6) is 11.5 Å². The first kappa shape index (κ1) is 20.9. The number of aliphatic hydroxyl groups excluding tert-OH is 1. The Morgan fingerprint density at radius 1 is 1.26 bits per heavy atom. The summed E-state index contributed by atoms with van der Waals surface area (Å²) in [4.78, 5) is 13.0. The number of rotatable bonds is 9. The quantitative estimate of drug-likeness (QED) is 0.542. The first-order chi connectivity index (χ1) is 15.1. The standard InChI is InChI=1S/C23H23FN2O5/c1-29-21-6-4-15(8-19(21)24)10-25-23(28)18-9-16(22-17(11-27)13-31-26-22)5-7-20(18)30-12-14-2-3-14/h4-9,13-14,27H,2-3,10-12H2,1H3,(H,25,28). The van der Waals surface area contributed by atoms with E-state index in [4.69, 9.17) is 14.0 Å². The van der Waals surface area contributed by atoms with Crippen molar-refractivity contribution in [3.8, 4) is 22.8 Å². The lowest BCUT2D eigenvalue weighted by Gasteiger charge is -2.13. The van der Waals surface area contributed by atoms with Crippen molar-refractivity contribution in [2.45, 2.75) is 26.0 Å². The highest BCUT2D eigenvalue weighted by atomic mass is 19.1. The lowest BCUT2D eigenvalue weighted by Crippen LogP contribution is -2.24. The van der Waals surface area contributed by atoms with Gasteiger partial charge in [0.25, 0.3) is 5.91 Å². The Labute approximate surface area is 178 Å². The maximum atomic E-state index is 13.9. The van der Waals surface area contributed by atoms with Gasteiger partial charge in [-0.05, 0) is 54.7 Å². The molecule has 0 spiro atoms. The van der Waals surface area contributed by atoms with Gasteiger partial charge in [0.2, 0.25) is 0 Å². The van der Waals surface area contributed by atoms with Gasteiger partial charge in [0, 0.05) is 17.7 Å². The zero-order chi connectivity index (χ0) is 21.8. The van der Waals surface area contributed by atoms with Crippen LogP contribution < -0.4 is 14.8 Å². The number of benzene rings is 2. The highest BCUT2D eigenvalue weighted by Crippen LogP contribution is 2.32. The summed E-state index contributed by atoms with van der Waals surface area (Å²) >= 11 is 0. The molecule has 7 nitrogen and oxygen atoms in total. The van der Waals surface area contributed by atoms with Crippen molar-refractivity contribution in [1.29, 1.82) is 0 Å². The minimum absolute atomic E-state index is 0.137. The van der Waals surface area contributed by atoms with Crippen LogP contribution in [0, 0.1) is 11.7 Å². The van der Waals surface area contributed by atoms with Crippen LogP contribution in [-0.2, 0) is 13.2 Å². The van der Waals surface area contributed by atoms with Gasteiger partial charge in [0.05, 0.1) is 25.9 Å². The summed E-state index contributed by atoms with van der Waals surface area (Å²) in [6, 6.07) is 9.67. The maximum Gasteiger partial charge on any atom is 0.255 e. The number of carbonyl (C=O) groups is 1. The number of ether oxygens (including phenoxy) is 2. The minimum Gasteiger partial charge on any atom is -0.494 e. The van der Waals surface area contributed by atoms with E-state index in [9.17, 15) is 14.3 Å². The van der Waals surface area contributed by atoms with Gasteiger partial charge >= 0.3 is 0 Å². The number of aromatic nitrogens is 1. The predicted octanol–water partition coefficient (Wildman–Crippen LogP) is 3.70. The maximum absolute atomic E-state index is 13.9. The normalized spacial score (nSPS) is 13.1. The van der Waals surface area contributed by atoms with E-state index in [2.05, 4.69) is 10.5 Å². The molecular weight excluding hydrogens is 403 g/mol. The van der Waals surface area contributed by atoms with Gasteiger partial charge in [0.15, 0.2) is 11.6 Å². The summed E-state index contributed by atoms with van der Waals surface area (Å²) in [5.41, 5.74) is 2.53. The Balaban J connectivity index is 1.56. The van der Waals surface area contributed by atoms with Gasteiger partial charge < -0.3 is 24.4 Å². The molecule has 0 radical (unpaired) electrons. The molecule has 1 aromatic heterocycles. The van der Waals surface area contributed by atoms with Crippen LogP contribution in [-0.4, -0.2) is 29.9 Å². The van der Waals surface area contributed by atoms with Gasteiger partial charge in [-0.25, -0.2) is 4.39 Å². The average molecular weight is 426 g/mol. The molecule has 162 valence electrons. The molecule has 1 heterocycles. The Morgan fingerprint density at radius 3 is 2.77 bits per heavy atom. The summed E-state index contributed by atoms with van der Waals surface area (Å²) in [6.07, 6.45) is 3.62. The van der Waals surface area contributed by atoms with Crippen LogP contribution in [0.1, 0.15) is 34.3 Å². The summed E-state index contributed by atoms with van der Waals surface area (Å²) in [6.45, 7) is 0.455. The van der Waals surface area contributed by atoms with Crippen LogP contribution in [0.2, 0.25) is 0 Å². The number of amides is 1. The van der Waals surface area contributed by atoms with E-state index in [0.29, 0.717) is 46.2 Å².